The molecule has 6 heteroatoms. The summed E-state index contributed by atoms with van der Waals surface area (Å²) in [5, 5.41) is 3.03. The Bertz CT molecular complexity index is 320. The molecule has 0 saturated carbocycles. The van der Waals surface area contributed by atoms with Crippen LogP contribution in [0.5, 0.6) is 0 Å². The highest BCUT2D eigenvalue weighted by molar-refractivity contribution is 7.91. The Hall–Kier alpha value is -0.620. The van der Waals surface area contributed by atoms with E-state index in [1.54, 1.807) is 4.90 Å². The summed E-state index contributed by atoms with van der Waals surface area (Å²) in [5.74, 6) is 0.437. The quantitative estimate of drug-likeness (QED) is 0.579. The molecular formula is C8H14N2O3S. The summed E-state index contributed by atoms with van der Waals surface area (Å²) < 4.78 is 22.2. The van der Waals surface area contributed by atoms with Crippen LogP contribution in [0.4, 0.5) is 0 Å². The maximum Gasteiger partial charge on any atom is 0.228 e. The van der Waals surface area contributed by atoms with Gasteiger partial charge in [0.1, 0.15) is 0 Å². The number of carbonyl (C=O) groups is 1. The van der Waals surface area contributed by atoms with Crippen LogP contribution in [0.2, 0.25) is 0 Å². The first-order chi connectivity index (χ1) is 6.58. The predicted molar refractivity (Wildman–Crippen MR) is 51.6 cm³/mol. The van der Waals surface area contributed by atoms with Crippen LogP contribution in [-0.4, -0.2) is 56.9 Å². The zero-order valence-corrected chi connectivity index (χ0v) is 8.72. The van der Waals surface area contributed by atoms with Gasteiger partial charge in [0.15, 0.2) is 9.84 Å². The molecule has 14 heavy (non-hydrogen) atoms. The topological polar surface area (TPSA) is 66.5 Å². The van der Waals surface area contributed by atoms with E-state index in [-0.39, 0.29) is 23.3 Å². The Balaban J connectivity index is 1.91. The number of hydrogen-bond donors (Lipinski definition) is 1. The lowest BCUT2D eigenvalue weighted by atomic mass is 10.0. The molecule has 0 aromatic rings. The molecule has 0 aliphatic carbocycles. The normalized spacial score (nSPS) is 27.0. The Morgan fingerprint density at radius 2 is 1.79 bits per heavy atom. The molecule has 2 saturated heterocycles. The van der Waals surface area contributed by atoms with Gasteiger partial charge in [-0.05, 0) is 0 Å². The molecule has 2 aliphatic rings. The lowest BCUT2D eigenvalue weighted by Gasteiger charge is -2.34. The summed E-state index contributed by atoms with van der Waals surface area (Å²) in [6, 6.07) is 0. The van der Waals surface area contributed by atoms with Gasteiger partial charge in [-0.2, -0.15) is 0 Å². The molecule has 0 atom stereocenters. The van der Waals surface area contributed by atoms with Crippen molar-refractivity contribution in [2.75, 3.05) is 37.7 Å². The SMILES string of the molecule is O=C(C1CNC1)N1CCS(=O)(=O)CC1. The van der Waals surface area contributed by atoms with Gasteiger partial charge in [-0.25, -0.2) is 8.42 Å². The molecule has 0 aromatic carbocycles. The van der Waals surface area contributed by atoms with E-state index in [1.165, 1.54) is 0 Å². The van der Waals surface area contributed by atoms with Crippen molar-refractivity contribution in [1.29, 1.82) is 0 Å². The maximum atomic E-state index is 11.7. The molecule has 1 amide bonds. The van der Waals surface area contributed by atoms with Gasteiger partial charge < -0.3 is 10.2 Å². The highest BCUT2D eigenvalue weighted by Gasteiger charge is 2.32. The van der Waals surface area contributed by atoms with E-state index < -0.39 is 9.84 Å². The molecule has 0 unspecified atom stereocenters. The highest BCUT2D eigenvalue weighted by atomic mass is 32.2. The number of sulfone groups is 1. The Labute approximate surface area is 83.4 Å². The van der Waals surface area contributed by atoms with Crippen LogP contribution in [0.1, 0.15) is 0 Å². The third kappa shape index (κ3) is 1.90. The Morgan fingerprint density at radius 3 is 2.21 bits per heavy atom. The number of hydrogen-bond acceptors (Lipinski definition) is 4. The molecule has 2 rings (SSSR count). The van der Waals surface area contributed by atoms with Crippen molar-refractivity contribution in [3.05, 3.63) is 0 Å². The second-order valence-corrected chi connectivity index (χ2v) is 6.14. The van der Waals surface area contributed by atoms with Crippen molar-refractivity contribution in [3.63, 3.8) is 0 Å². The van der Waals surface area contributed by atoms with Gasteiger partial charge >= 0.3 is 0 Å². The van der Waals surface area contributed by atoms with Crippen molar-refractivity contribution in [3.8, 4) is 0 Å². The molecule has 0 radical (unpaired) electrons. The zero-order valence-electron chi connectivity index (χ0n) is 7.90. The molecule has 0 aromatic heterocycles. The fourth-order valence-corrected chi connectivity index (χ4v) is 2.86. The average molecular weight is 218 g/mol. The number of carbonyl (C=O) groups excluding carboxylic acids is 1. The van der Waals surface area contributed by atoms with Crippen LogP contribution in [0.15, 0.2) is 0 Å². The summed E-state index contributed by atoms with van der Waals surface area (Å²) in [6.45, 7) is 2.22. The smallest absolute Gasteiger partial charge is 0.228 e. The monoisotopic (exact) mass is 218 g/mol. The molecule has 2 aliphatic heterocycles. The van der Waals surface area contributed by atoms with Gasteiger partial charge in [0.05, 0.1) is 17.4 Å². The molecular weight excluding hydrogens is 204 g/mol. The Kier molecular flexibility index (Phi) is 2.48. The van der Waals surface area contributed by atoms with E-state index in [2.05, 4.69) is 5.32 Å². The van der Waals surface area contributed by atoms with Crippen LogP contribution >= 0.6 is 0 Å². The lowest BCUT2D eigenvalue weighted by molar-refractivity contribution is -0.136. The number of rotatable bonds is 1. The first-order valence-electron chi connectivity index (χ1n) is 4.78. The minimum absolute atomic E-state index is 0.0794. The van der Waals surface area contributed by atoms with Gasteiger partial charge in [-0.3, -0.25) is 4.79 Å². The summed E-state index contributed by atoms with van der Waals surface area (Å²) in [6.07, 6.45) is 0. The van der Waals surface area contributed by atoms with Gasteiger partial charge in [-0.15, -0.1) is 0 Å². The Morgan fingerprint density at radius 1 is 1.21 bits per heavy atom. The van der Waals surface area contributed by atoms with Crippen LogP contribution in [-0.2, 0) is 14.6 Å². The third-order valence-corrected chi connectivity index (χ3v) is 4.40. The van der Waals surface area contributed by atoms with Crippen molar-refractivity contribution in [2.45, 2.75) is 0 Å². The summed E-state index contributed by atoms with van der Waals surface area (Å²) >= 11 is 0. The zero-order chi connectivity index (χ0) is 10.2. The molecule has 5 nitrogen and oxygen atoms in total. The van der Waals surface area contributed by atoms with E-state index in [4.69, 9.17) is 0 Å². The number of nitrogens with one attached hydrogen (secondary N) is 1. The summed E-state index contributed by atoms with van der Waals surface area (Å²) in [7, 11) is -2.87. The van der Waals surface area contributed by atoms with E-state index in [0.29, 0.717) is 13.1 Å². The average Bonchev–Trinajstić information content (AvgIpc) is 2.00. The van der Waals surface area contributed by atoms with Crippen LogP contribution < -0.4 is 5.32 Å². The molecule has 2 heterocycles. The minimum atomic E-state index is -2.87. The second kappa shape index (κ2) is 3.51. The molecule has 1 N–H and O–H groups in total. The second-order valence-electron chi connectivity index (χ2n) is 3.83. The highest BCUT2D eigenvalue weighted by Crippen LogP contribution is 2.11. The van der Waals surface area contributed by atoms with Crippen molar-refractivity contribution in [1.82, 2.24) is 10.2 Å². The van der Waals surface area contributed by atoms with E-state index in [1.807, 2.05) is 0 Å². The van der Waals surface area contributed by atoms with Crippen molar-refractivity contribution in [2.24, 2.45) is 5.92 Å². The maximum absolute atomic E-state index is 11.7. The minimum Gasteiger partial charge on any atom is -0.340 e. The lowest BCUT2D eigenvalue weighted by Crippen LogP contribution is -2.54. The van der Waals surface area contributed by atoms with Crippen molar-refractivity contribution < 1.29 is 13.2 Å². The predicted octanol–water partition coefficient (Wildman–Crippen LogP) is -1.54. The first-order valence-corrected chi connectivity index (χ1v) is 6.60. The van der Waals surface area contributed by atoms with E-state index in [9.17, 15) is 13.2 Å². The van der Waals surface area contributed by atoms with Gasteiger partial charge in [-0.1, -0.05) is 0 Å². The van der Waals surface area contributed by atoms with E-state index in [0.717, 1.165) is 13.1 Å². The van der Waals surface area contributed by atoms with Gasteiger partial charge in [0.25, 0.3) is 0 Å². The van der Waals surface area contributed by atoms with Crippen LogP contribution in [0, 0.1) is 5.92 Å². The standard InChI is InChI=1S/C8H14N2O3S/c11-8(7-5-9-6-7)10-1-3-14(12,13)4-2-10/h7,9H,1-6H2. The van der Waals surface area contributed by atoms with Crippen LogP contribution in [0.3, 0.4) is 0 Å². The largest absolute Gasteiger partial charge is 0.340 e. The number of nitrogens with zero attached hydrogens (tertiary/aromatic N) is 1. The van der Waals surface area contributed by atoms with Crippen LogP contribution in [0.25, 0.3) is 0 Å². The molecule has 80 valence electrons. The molecule has 0 bridgehead atoms. The fraction of sp³-hybridized carbons (Fsp3) is 0.875. The van der Waals surface area contributed by atoms with Crippen molar-refractivity contribution >= 4 is 15.7 Å². The molecule has 2 fully saturated rings. The number of amides is 1. The first kappa shape index (κ1) is 9.92. The van der Waals surface area contributed by atoms with Gasteiger partial charge in [0, 0.05) is 26.2 Å². The van der Waals surface area contributed by atoms with E-state index >= 15 is 0 Å². The molecule has 0 spiro atoms. The fourth-order valence-electron chi connectivity index (χ4n) is 1.65. The van der Waals surface area contributed by atoms with Gasteiger partial charge in [0.2, 0.25) is 5.91 Å². The summed E-state index contributed by atoms with van der Waals surface area (Å²) in [5.41, 5.74) is 0. The summed E-state index contributed by atoms with van der Waals surface area (Å²) in [4.78, 5) is 13.4. The third-order valence-electron chi connectivity index (χ3n) is 2.79.